The van der Waals surface area contributed by atoms with Crippen LogP contribution < -0.4 is 6.15 Å². The van der Waals surface area contributed by atoms with Gasteiger partial charge >= 0.3 is 0 Å². The molecule has 0 saturated carbocycles. The fourth-order valence-corrected chi connectivity index (χ4v) is 0. The summed E-state index contributed by atoms with van der Waals surface area (Å²) in [4.78, 5) is 0. The average molecular weight is 191 g/mol. The smallest absolute Gasteiger partial charge is 0.0662 e. The summed E-state index contributed by atoms with van der Waals surface area (Å²) < 4.78 is 0. The first-order valence-electron chi connectivity index (χ1n) is 3.13. The van der Waals surface area contributed by atoms with Crippen molar-refractivity contribution in [3.8, 4) is 0 Å². The Morgan fingerprint density at radius 3 is 0.615 bits per heavy atom. The standard InChI is InChI=1S/C2H6O2.4C2H4.H3N/c3-1-2-4;4*1-2;/h3-4H,1-2H2;4*1-2H2;1H3. The van der Waals surface area contributed by atoms with Gasteiger partial charge in [-0.2, -0.15) is 0 Å². The minimum Gasteiger partial charge on any atom is -0.394 e. The summed E-state index contributed by atoms with van der Waals surface area (Å²) in [5.41, 5.74) is 0. The van der Waals surface area contributed by atoms with E-state index in [0.29, 0.717) is 0 Å². The molecule has 3 nitrogen and oxygen atoms in total. The van der Waals surface area contributed by atoms with Crippen molar-refractivity contribution in [1.82, 2.24) is 6.15 Å². The van der Waals surface area contributed by atoms with E-state index in [4.69, 9.17) is 10.2 Å². The van der Waals surface area contributed by atoms with E-state index >= 15 is 0 Å². The zero-order valence-corrected chi connectivity index (χ0v) is 8.67. The van der Waals surface area contributed by atoms with E-state index in [2.05, 4.69) is 52.6 Å². The molecule has 0 aliphatic carbocycles. The van der Waals surface area contributed by atoms with Gasteiger partial charge in [0.2, 0.25) is 0 Å². The van der Waals surface area contributed by atoms with Crippen LogP contribution in [-0.4, -0.2) is 23.4 Å². The summed E-state index contributed by atoms with van der Waals surface area (Å²) in [5.74, 6) is 0. The van der Waals surface area contributed by atoms with E-state index in [9.17, 15) is 0 Å². The summed E-state index contributed by atoms with van der Waals surface area (Å²) in [6.45, 7) is 23.8. The van der Waals surface area contributed by atoms with Gasteiger partial charge in [0.25, 0.3) is 0 Å². The Bertz CT molecular complexity index is 33.9. The first kappa shape index (κ1) is 40.8. The van der Waals surface area contributed by atoms with E-state index < -0.39 is 0 Å². The number of hydrogen-bond donors (Lipinski definition) is 3. The van der Waals surface area contributed by atoms with Crippen LogP contribution >= 0.6 is 0 Å². The van der Waals surface area contributed by atoms with Gasteiger partial charge in [-0.1, -0.05) is 0 Å². The third kappa shape index (κ3) is 33100. The van der Waals surface area contributed by atoms with Crippen LogP contribution in [0.25, 0.3) is 0 Å². The van der Waals surface area contributed by atoms with E-state index in [-0.39, 0.29) is 19.4 Å². The number of hydrogen-bond acceptors (Lipinski definition) is 3. The largest absolute Gasteiger partial charge is 0.394 e. The maximum atomic E-state index is 7.62. The molecular weight excluding hydrogens is 166 g/mol. The Hall–Kier alpha value is -1.16. The number of rotatable bonds is 1. The maximum absolute atomic E-state index is 7.62. The molecule has 0 aromatic carbocycles. The molecule has 5 N–H and O–H groups in total. The molecule has 82 valence electrons. The third-order valence-corrected chi connectivity index (χ3v) is 0.1000. The minimum atomic E-state index is -0.125. The molecule has 0 spiro atoms. The molecule has 0 atom stereocenters. The molecule has 13 heavy (non-hydrogen) atoms. The highest BCUT2D eigenvalue weighted by molar-refractivity contribution is 4.23. The summed E-state index contributed by atoms with van der Waals surface area (Å²) in [5, 5.41) is 15.2. The molecule has 0 rings (SSSR count). The zero-order valence-electron chi connectivity index (χ0n) is 8.67. The van der Waals surface area contributed by atoms with Gasteiger partial charge in [0.15, 0.2) is 0 Å². The predicted octanol–water partition coefficient (Wildman–Crippen LogP) is 2.34. The fraction of sp³-hybridized carbons (Fsp3) is 0.200. The van der Waals surface area contributed by atoms with Crippen molar-refractivity contribution in [1.29, 1.82) is 0 Å². The summed E-state index contributed by atoms with van der Waals surface area (Å²) in [6, 6.07) is 0. The van der Waals surface area contributed by atoms with E-state index in [0.717, 1.165) is 0 Å². The Morgan fingerprint density at radius 2 is 0.615 bits per heavy atom. The molecule has 0 amide bonds. The topological polar surface area (TPSA) is 75.5 Å². The normalized spacial score (nSPS) is 3.54. The first-order valence-corrected chi connectivity index (χ1v) is 3.13. The predicted molar refractivity (Wildman–Crippen MR) is 64.2 cm³/mol. The second-order valence-electron chi connectivity index (χ2n) is 0.447. The van der Waals surface area contributed by atoms with Crippen LogP contribution in [0.5, 0.6) is 0 Å². The molecule has 0 aromatic heterocycles. The molecule has 0 unspecified atom stereocenters. The minimum absolute atomic E-state index is 0. The molecule has 0 fully saturated rings. The van der Waals surface area contributed by atoms with Crippen LogP contribution in [0.4, 0.5) is 0 Å². The summed E-state index contributed by atoms with van der Waals surface area (Å²) >= 11 is 0. The number of aliphatic hydroxyl groups excluding tert-OH is 2. The van der Waals surface area contributed by atoms with Crippen LogP contribution in [0.15, 0.2) is 52.6 Å². The SMILES string of the molecule is C=C.C=C.C=C.C=C.N.OCCO. The van der Waals surface area contributed by atoms with Crippen LogP contribution in [0.1, 0.15) is 0 Å². The van der Waals surface area contributed by atoms with Crippen molar-refractivity contribution in [2.24, 2.45) is 0 Å². The lowest BCUT2D eigenvalue weighted by Gasteiger charge is -1.70. The quantitative estimate of drug-likeness (QED) is 0.557. The molecule has 0 bridgehead atoms. The second kappa shape index (κ2) is 1490. The van der Waals surface area contributed by atoms with Crippen molar-refractivity contribution in [3.63, 3.8) is 0 Å². The highest BCUT2D eigenvalue weighted by atomic mass is 16.3. The van der Waals surface area contributed by atoms with Crippen LogP contribution in [0.2, 0.25) is 0 Å². The van der Waals surface area contributed by atoms with Gasteiger partial charge in [0.05, 0.1) is 13.2 Å². The van der Waals surface area contributed by atoms with Crippen molar-refractivity contribution in [2.45, 2.75) is 0 Å². The highest BCUT2D eigenvalue weighted by Crippen LogP contribution is 1.39. The van der Waals surface area contributed by atoms with Gasteiger partial charge in [0.1, 0.15) is 0 Å². The van der Waals surface area contributed by atoms with Crippen LogP contribution in [-0.2, 0) is 0 Å². The lowest BCUT2D eigenvalue weighted by molar-refractivity contribution is 0.186. The van der Waals surface area contributed by atoms with Gasteiger partial charge in [-0.25, -0.2) is 0 Å². The molecule has 0 aliphatic heterocycles. The van der Waals surface area contributed by atoms with Crippen LogP contribution in [0, 0.1) is 0 Å². The highest BCUT2D eigenvalue weighted by Gasteiger charge is 1.58. The Labute approximate surface area is 83.0 Å². The lowest BCUT2D eigenvalue weighted by Crippen LogP contribution is -1.85. The molecule has 0 aromatic rings. The Morgan fingerprint density at radius 1 is 0.538 bits per heavy atom. The van der Waals surface area contributed by atoms with Crippen LogP contribution in [0.3, 0.4) is 0 Å². The Kier molecular flexibility index (Phi) is 4670. The average Bonchev–Trinajstić information content (AvgIpc) is 2.29. The molecule has 0 heterocycles. The molecular formula is C10H25NO2. The summed E-state index contributed by atoms with van der Waals surface area (Å²) in [7, 11) is 0. The molecule has 0 aliphatic rings. The van der Waals surface area contributed by atoms with Gasteiger partial charge < -0.3 is 16.4 Å². The van der Waals surface area contributed by atoms with Crippen molar-refractivity contribution < 1.29 is 10.2 Å². The monoisotopic (exact) mass is 191 g/mol. The van der Waals surface area contributed by atoms with E-state index in [1.165, 1.54) is 0 Å². The maximum Gasteiger partial charge on any atom is 0.0662 e. The van der Waals surface area contributed by atoms with Crippen molar-refractivity contribution in [2.75, 3.05) is 13.2 Å². The van der Waals surface area contributed by atoms with Gasteiger partial charge in [0, 0.05) is 0 Å². The van der Waals surface area contributed by atoms with Gasteiger partial charge in [-0.05, 0) is 0 Å². The lowest BCUT2D eigenvalue weighted by atomic mass is 10.8. The Balaban J connectivity index is -0.0000000122. The first-order chi connectivity index (χ1) is 5.91. The second-order valence-corrected chi connectivity index (χ2v) is 0.447. The van der Waals surface area contributed by atoms with Crippen molar-refractivity contribution >= 4 is 0 Å². The van der Waals surface area contributed by atoms with Gasteiger partial charge in [-0.3, -0.25) is 0 Å². The number of aliphatic hydroxyl groups is 2. The van der Waals surface area contributed by atoms with Gasteiger partial charge in [-0.15, -0.1) is 52.6 Å². The molecule has 0 saturated heterocycles. The fourth-order valence-electron chi connectivity index (χ4n) is 0. The summed E-state index contributed by atoms with van der Waals surface area (Å²) in [6.07, 6.45) is 0. The van der Waals surface area contributed by atoms with Crippen molar-refractivity contribution in [3.05, 3.63) is 52.6 Å². The zero-order chi connectivity index (χ0) is 11.4. The molecule has 0 radical (unpaired) electrons. The van der Waals surface area contributed by atoms with E-state index in [1.807, 2.05) is 0 Å². The third-order valence-electron chi connectivity index (χ3n) is 0.1000. The van der Waals surface area contributed by atoms with E-state index in [1.54, 1.807) is 0 Å². The molecule has 3 heteroatoms.